The van der Waals surface area contributed by atoms with Crippen molar-refractivity contribution in [2.45, 2.75) is 19.8 Å². The molecule has 0 saturated carbocycles. The Morgan fingerprint density at radius 1 is 0.931 bits per heavy atom. The maximum atomic E-state index is 13.0. The number of piperazine rings is 1. The van der Waals surface area contributed by atoms with Gasteiger partial charge in [0.2, 0.25) is 5.91 Å². The molecule has 1 fully saturated rings. The number of carbonyl (C=O) groups excluding carboxylic acids is 2. The van der Waals surface area contributed by atoms with Crippen molar-refractivity contribution in [1.82, 2.24) is 4.90 Å². The first-order valence-corrected chi connectivity index (χ1v) is 9.65. The Morgan fingerprint density at radius 3 is 2.24 bits per heavy atom. The zero-order valence-electron chi connectivity index (χ0n) is 16.4. The summed E-state index contributed by atoms with van der Waals surface area (Å²) in [5.41, 5.74) is 3.19. The normalized spacial score (nSPS) is 13.8. The van der Waals surface area contributed by atoms with Gasteiger partial charge >= 0.3 is 5.97 Å². The molecule has 0 bridgehead atoms. The van der Waals surface area contributed by atoms with Gasteiger partial charge in [-0.1, -0.05) is 29.8 Å². The van der Waals surface area contributed by atoms with E-state index in [4.69, 9.17) is 5.11 Å². The summed E-state index contributed by atoms with van der Waals surface area (Å²) >= 11 is 0. The van der Waals surface area contributed by atoms with Crippen LogP contribution >= 0.6 is 0 Å². The zero-order chi connectivity index (χ0) is 20.8. The van der Waals surface area contributed by atoms with E-state index >= 15 is 0 Å². The fourth-order valence-corrected chi connectivity index (χ4v) is 3.31. The molecule has 0 unspecified atom stereocenters. The summed E-state index contributed by atoms with van der Waals surface area (Å²) in [5, 5.41) is 11.4. The quantitative estimate of drug-likeness (QED) is 0.785. The van der Waals surface area contributed by atoms with E-state index in [9.17, 15) is 14.4 Å². The predicted octanol–water partition coefficient (Wildman–Crippen LogP) is 2.76. The molecule has 2 amide bonds. The summed E-state index contributed by atoms with van der Waals surface area (Å²) in [4.78, 5) is 39.7. The summed E-state index contributed by atoms with van der Waals surface area (Å²) in [6, 6.07) is 15.2. The number of nitrogens with one attached hydrogen (secondary N) is 1. The van der Waals surface area contributed by atoms with Crippen LogP contribution < -0.4 is 10.2 Å². The third-order valence-corrected chi connectivity index (χ3v) is 4.96. The van der Waals surface area contributed by atoms with E-state index in [1.807, 2.05) is 0 Å². The Kier molecular flexibility index (Phi) is 6.49. The molecular formula is C22H25N3O4. The number of aryl methyl sites for hydroxylation is 1. The number of carboxylic acids is 1. The highest BCUT2D eigenvalue weighted by Gasteiger charge is 2.24. The van der Waals surface area contributed by atoms with Gasteiger partial charge in [-0.25, -0.2) is 0 Å². The van der Waals surface area contributed by atoms with Gasteiger partial charge in [0.15, 0.2) is 0 Å². The van der Waals surface area contributed by atoms with Crippen LogP contribution in [0.5, 0.6) is 0 Å². The van der Waals surface area contributed by atoms with Gasteiger partial charge in [-0.05, 0) is 31.2 Å². The van der Waals surface area contributed by atoms with Gasteiger partial charge in [-0.2, -0.15) is 0 Å². The number of carboxylic acid groups (broad SMARTS) is 1. The van der Waals surface area contributed by atoms with Crippen molar-refractivity contribution in [1.29, 1.82) is 0 Å². The second kappa shape index (κ2) is 9.23. The van der Waals surface area contributed by atoms with E-state index in [0.29, 0.717) is 24.3 Å². The van der Waals surface area contributed by atoms with Crippen molar-refractivity contribution in [2.75, 3.05) is 36.4 Å². The molecule has 29 heavy (non-hydrogen) atoms. The number of rotatable bonds is 6. The second-order valence-corrected chi connectivity index (χ2v) is 7.10. The molecule has 1 aliphatic rings. The molecule has 0 radical (unpaired) electrons. The van der Waals surface area contributed by atoms with Gasteiger partial charge < -0.3 is 20.2 Å². The lowest BCUT2D eigenvalue weighted by molar-refractivity contribution is -0.138. The number of amides is 2. The molecule has 2 N–H and O–H groups in total. The van der Waals surface area contributed by atoms with Crippen molar-refractivity contribution < 1.29 is 19.5 Å². The summed E-state index contributed by atoms with van der Waals surface area (Å²) in [6.07, 6.45) is -0.379. The number of para-hydroxylation sites is 1. The molecule has 0 aromatic heterocycles. The van der Waals surface area contributed by atoms with E-state index < -0.39 is 11.9 Å². The van der Waals surface area contributed by atoms with Gasteiger partial charge in [0.05, 0.1) is 17.7 Å². The lowest BCUT2D eigenvalue weighted by atomic mass is 10.1. The van der Waals surface area contributed by atoms with E-state index in [2.05, 4.69) is 41.4 Å². The minimum absolute atomic E-state index is 0.132. The smallest absolute Gasteiger partial charge is 0.303 e. The SMILES string of the molecule is Cc1ccc(N2CCN(C(=O)c3ccccc3NC(=O)CCC(=O)O)CC2)cc1. The summed E-state index contributed by atoms with van der Waals surface area (Å²) in [7, 11) is 0. The minimum atomic E-state index is -1.03. The van der Waals surface area contributed by atoms with Crippen LogP contribution in [0.4, 0.5) is 11.4 Å². The van der Waals surface area contributed by atoms with E-state index in [-0.39, 0.29) is 18.7 Å². The third-order valence-electron chi connectivity index (χ3n) is 4.96. The average molecular weight is 395 g/mol. The summed E-state index contributed by atoms with van der Waals surface area (Å²) in [5.74, 6) is -1.59. The number of aliphatic carboxylic acids is 1. The van der Waals surface area contributed by atoms with Crippen molar-refractivity contribution in [3.63, 3.8) is 0 Å². The molecule has 152 valence electrons. The van der Waals surface area contributed by atoms with Crippen molar-refractivity contribution >= 4 is 29.2 Å². The highest BCUT2D eigenvalue weighted by molar-refractivity contribution is 6.04. The van der Waals surface area contributed by atoms with E-state index in [1.165, 1.54) is 5.56 Å². The van der Waals surface area contributed by atoms with Crippen LogP contribution in [0, 0.1) is 6.92 Å². The van der Waals surface area contributed by atoms with E-state index in [0.717, 1.165) is 18.8 Å². The minimum Gasteiger partial charge on any atom is -0.481 e. The molecule has 0 spiro atoms. The fraction of sp³-hybridized carbons (Fsp3) is 0.318. The van der Waals surface area contributed by atoms with E-state index in [1.54, 1.807) is 29.2 Å². The van der Waals surface area contributed by atoms with Gasteiger partial charge in [0.25, 0.3) is 5.91 Å². The van der Waals surface area contributed by atoms with Gasteiger partial charge in [0.1, 0.15) is 0 Å². The topological polar surface area (TPSA) is 90.0 Å². The molecule has 1 aliphatic heterocycles. The maximum Gasteiger partial charge on any atom is 0.303 e. The first kappa shape index (κ1) is 20.4. The lowest BCUT2D eigenvalue weighted by Crippen LogP contribution is -2.49. The number of benzene rings is 2. The molecule has 1 heterocycles. The van der Waals surface area contributed by atoms with Crippen LogP contribution in [0.1, 0.15) is 28.8 Å². The lowest BCUT2D eigenvalue weighted by Gasteiger charge is -2.36. The second-order valence-electron chi connectivity index (χ2n) is 7.10. The van der Waals surface area contributed by atoms with Crippen LogP contribution in [0.3, 0.4) is 0 Å². The number of hydrogen-bond acceptors (Lipinski definition) is 4. The molecule has 7 heteroatoms. The van der Waals surface area contributed by atoms with Gasteiger partial charge in [0, 0.05) is 38.3 Å². The Morgan fingerprint density at radius 2 is 1.59 bits per heavy atom. The first-order valence-electron chi connectivity index (χ1n) is 9.65. The van der Waals surface area contributed by atoms with Crippen molar-refractivity contribution in [3.8, 4) is 0 Å². The largest absolute Gasteiger partial charge is 0.481 e. The van der Waals surface area contributed by atoms with Crippen molar-refractivity contribution in [3.05, 3.63) is 59.7 Å². The van der Waals surface area contributed by atoms with Crippen molar-refractivity contribution in [2.24, 2.45) is 0 Å². The highest BCUT2D eigenvalue weighted by Crippen LogP contribution is 2.21. The molecular weight excluding hydrogens is 370 g/mol. The monoisotopic (exact) mass is 395 g/mol. The number of nitrogens with zero attached hydrogens (tertiary/aromatic N) is 2. The Balaban J connectivity index is 1.63. The maximum absolute atomic E-state index is 13.0. The summed E-state index contributed by atoms with van der Waals surface area (Å²) < 4.78 is 0. The Bertz CT molecular complexity index is 887. The van der Waals surface area contributed by atoms with Crippen LogP contribution in [-0.2, 0) is 9.59 Å². The zero-order valence-corrected chi connectivity index (χ0v) is 16.4. The molecule has 1 saturated heterocycles. The van der Waals surface area contributed by atoms with Crippen LogP contribution in [0.2, 0.25) is 0 Å². The van der Waals surface area contributed by atoms with Gasteiger partial charge in [-0.15, -0.1) is 0 Å². The molecule has 0 atom stereocenters. The predicted molar refractivity (Wildman–Crippen MR) is 111 cm³/mol. The standard InChI is InChI=1S/C22H25N3O4/c1-16-6-8-17(9-7-16)24-12-14-25(15-13-24)22(29)18-4-2-3-5-19(18)23-20(26)10-11-21(27)28/h2-9H,10-15H2,1H3,(H,23,26)(H,27,28). The molecule has 2 aromatic rings. The fourth-order valence-electron chi connectivity index (χ4n) is 3.31. The number of hydrogen-bond donors (Lipinski definition) is 2. The van der Waals surface area contributed by atoms with Gasteiger partial charge in [-0.3, -0.25) is 14.4 Å². The van der Waals surface area contributed by atoms with Crippen LogP contribution in [0.25, 0.3) is 0 Å². The molecule has 0 aliphatic carbocycles. The number of carbonyl (C=O) groups is 3. The summed E-state index contributed by atoms with van der Waals surface area (Å²) in [6.45, 7) is 4.71. The highest BCUT2D eigenvalue weighted by atomic mass is 16.4. The Labute approximate surface area is 169 Å². The molecule has 3 rings (SSSR count). The first-order chi connectivity index (χ1) is 13.9. The average Bonchev–Trinajstić information content (AvgIpc) is 2.73. The third kappa shape index (κ3) is 5.34. The number of anilines is 2. The van der Waals surface area contributed by atoms with Crippen LogP contribution in [0.15, 0.2) is 48.5 Å². The molecule has 2 aromatic carbocycles. The van der Waals surface area contributed by atoms with Crippen LogP contribution in [-0.4, -0.2) is 54.0 Å². The Hall–Kier alpha value is -3.35. The molecule has 7 nitrogen and oxygen atoms in total.